The van der Waals surface area contributed by atoms with E-state index < -0.39 is 11.9 Å². The smallest absolute Gasteiger partial charge is 0.320 e. The molecule has 2 rings (SSSR count). The third kappa shape index (κ3) is 1.90. The number of hydrogen-bond donors (Lipinski definition) is 0. The van der Waals surface area contributed by atoms with Gasteiger partial charge in [0.15, 0.2) is 5.78 Å². The second kappa shape index (κ2) is 4.57. The molecule has 1 aromatic rings. The minimum Gasteiger partial charge on any atom is -0.496 e. The molecule has 90 valence electrons. The van der Waals surface area contributed by atoms with Crippen LogP contribution in [0.4, 0.5) is 0 Å². The zero-order valence-corrected chi connectivity index (χ0v) is 9.86. The van der Waals surface area contributed by atoms with Crippen molar-refractivity contribution in [3.63, 3.8) is 0 Å². The Bertz CT molecular complexity index is 450. The largest absolute Gasteiger partial charge is 0.496 e. The third-order valence-corrected chi connectivity index (χ3v) is 3.06. The summed E-state index contributed by atoms with van der Waals surface area (Å²) in [7, 11) is 2.82. The highest BCUT2D eigenvalue weighted by Gasteiger charge is 2.36. The summed E-state index contributed by atoms with van der Waals surface area (Å²) in [5.41, 5.74) is 1.65. The first kappa shape index (κ1) is 11.6. The molecule has 0 heterocycles. The van der Waals surface area contributed by atoms with Gasteiger partial charge in [-0.3, -0.25) is 9.59 Å². The molecule has 0 radical (unpaired) electrons. The summed E-state index contributed by atoms with van der Waals surface area (Å²) in [6.07, 6.45) is 1.03. The molecule has 0 spiro atoms. The van der Waals surface area contributed by atoms with Crippen LogP contribution in [0, 0.1) is 0 Å². The maximum atomic E-state index is 11.9. The normalized spacial score (nSPS) is 18.5. The number of rotatable bonds is 2. The van der Waals surface area contributed by atoms with Gasteiger partial charge in [-0.2, -0.15) is 0 Å². The third-order valence-electron chi connectivity index (χ3n) is 3.06. The van der Waals surface area contributed by atoms with Crippen molar-refractivity contribution in [1.29, 1.82) is 0 Å². The van der Waals surface area contributed by atoms with Crippen LogP contribution in [0.15, 0.2) is 18.2 Å². The summed E-state index contributed by atoms with van der Waals surface area (Å²) in [5.74, 6) is -0.875. The number of methoxy groups -OCH3 is 2. The van der Waals surface area contributed by atoms with Crippen molar-refractivity contribution in [2.45, 2.75) is 18.8 Å². The van der Waals surface area contributed by atoms with Gasteiger partial charge in [-0.05, 0) is 18.1 Å². The predicted molar refractivity (Wildman–Crippen MR) is 61.1 cm³/mol. The number of aryl methyl sites for hydroxylation is 1. The first-order chi connectivity index (χ1) is 8.19. The summed E-state index contributed by atoms with van der Waals surface area (Å²) in [4.78, 5) is 23.6. The maximum Gasteiger partial charge on any atom is 0.320 e. The second-order valence-electron chi connectivity index (χ2n) is 3.96. The van der Waals surface area contributed by atoms with E-state index >= 15 is 0 Å². The number of carbonyl (C=O) groups is 2. The first-order valence-electron chi connectivity index (χ1n) is 5.45. The van der Waals surface area contributed by atoms with Crippen molar-refractivity contribution in [2.75, 3.05) is 14.2 Å². The summed E-state index contributed by atoms with van der Waals surface area (Å²) in [6.45, 7) is 0. The van der Waals surface area contributed by atoms with E-state index in [9.17, 15) is 9.59 Å². The van der Waals surface area contributed by atoms with Crippen molar-refractivity contribution in [3.05, 3.63) is 29.3 Å². The van der Waals surface area contributed by atoms with Crippen molar-refractivity contribution in [1.82, 2.24) is 0 Å². The molecule has 0 saturated carbocycles. The SMILES string of the molecule is COC(=O)[C@H]1C(=O)CCc2cccc(OC)c21. The van der Waals surface area contributed by atoms with Gasteiger partial charge < -0.3 is 9.47 Å². The molecular formula is C13H14O4. The molecule has 0 amide bonds. The molecule has 0 aliphatic heterocycles. The Kier molecular flexibility index (Phi) is 3.13. The number of benzene rings is 1. The highest BCUT2D eigenvalue weighted by atomic mass is 16.5. The second-order valence-corrected chi connectivity index (χ2v) is 3.96. The fourth-order valence-electron chi connectivity index (χ4n) is 2.24. The zero-order chi connectivity index (χ0) is 12.4. The number of Topliss-reactive ketones (excluding diaryl/α,β-unsaturated/α-hetero) is 1. The van der Waals surface area contributed by atoms with Gasteiger partial charge in [0, 0.05) is 12.0 Å². The van der Waals surface area contributed by atoms with Crippen LogP contribution < -0.4 is 4.74 Å². The number of carbonyl (C=O) groups excluding carboxylic acids is 2. The maximum absolute atomic E-state index is 11.9. The molecule has 0 N–H and O–H groups in total. The van der Waals surface area contributed by atoms with E-state index in [4.69, 9.17) is 9.47 Å². The lowest BCUT2D eigenvalue weighted by atomic mass is 9.81. The summed E-state index contributed by atoms with van der Waals surface area (Å²) < 4.78 is 9.93. The molecule has 0 fully saturated rings. The average molecular weight is 234 g/mol. The highest BCUT2D eigenvalue weighted by Crippen LogP contribution is 2.36. The number of hydrogen-bond acceptors (Lipinski definition) is 4. The molecule has 1 aromatic carbocycles. The number of fused-ring (bicyclic) bond motifs is 1. The van der Waals surface area contributed by atoms with Crippen LogP contribution in [0.3, 0.4) is 0 Å². The van der Waals surface area contributed by atoms with Crippen molar-refractivity contribution < 1.29 is 19.1 Å². The molecule has 1 atom stereocenters. The first-order valence-corrected chi connectivity index (χ1v) is 5.45. The Morgan fingerprint density at radius 2 is 2.06 bits per heavy atom. The van der Waals surface area contributed by atoms with E-state index in [0.29, 0.717) is 24.2 Å². The average Bonchev–Trinajstić information content (AvgIpc) is 2.37. The number of esters is 1. The topological polar surface area (TPSA) is 52.6 Å². The van der Waals surface area contributed by atoms with E-state index in [1.807, 2.05) is 12.1 Å². The summed E-state index contributed by atoms with van der Waals surface area (Å²) >= 11 is 0. The van der Waals surface area contributed by atoms with Crippen molar-refractivity contribution in [3.8, 4) is 5.75 Å². The van der Waals surface area contributed by atoms with Crippen LogP contribution in [0.2, 0.25) is 0 Å². The summed E-state index contributed by atoms with van der Waals surface area (Å²) in [5, 5.41) is 0. The van der Waals surface area contributed by atoms with Gasteiger partial charge >= 0.3 is 5.97 Å². The van der Waals surface area contributed by atoms with E-state index in [0.717, 1.165) is 5.56 Å². The van der Waals surface area contributed by atoms with E-state index in [1.165, 1.54) is 14.2 Å². The lowest BCUT2D eigenvalue weighted by Gasteiger charge is -2.24. The molecule has 17 heavy (non-hydrogen) atoms. The molecule has 0 saturated heterocycles. The van der Waals surface area contributed by atoms with Crippen LogP contribution in [0.1, 0.15) is 23.5 Å². The van der Waals surface area contributed by atoms with Gasteiger partial charge in [-0.15, -0.1) is 0 Å². The number of ether oxygens (including phenoxy) is 2. The van der Waals surface area contributed by atoms with Crippen LogP contribution in [-0.2, 0) is 20.7 Å². The Morgan fingerprint density at radius 3 is 2.71 bits per heavy atom. The Balaban J connectivity index is 2.56. The fourth-order valence-corrected chi connectivity index (χ4v) is 2.24. The van der Waals surface area contributed by atoms with Gasteiger partial charge in [0.05, 0.1) is 14.2 Å². The van der Waals surface area contributed by atoms with Crippen molar-refractivity contribution in [2.24, 2.45) is 0 Å². The lowest BCUT2D eigenvalue weighted by molar-refractivity contribution is -0.146. The van der Waals surface area contributed by atoms with Gasteiger partial charge in [-0.1, -0.05) is 12.1 Å². The minimum atomic E-state index is -0.833. The quantitative estimate of drug-likeness (QED) is 0.574. The monoisotopic (exact) mass is 234 g/mol. The van der Waals surface area contributed by atoms with Crippen LogP contribution in [0.25, 0.3) is 0 Å². The Morgan fingerprint density at radius 1 is 1.29 bits per heavy atom. The molecule has 4 heteroatoms. The van der Waals surface area contributed by atoms with Crippen LogP contribution in [-0.4, -0.2) is 26.0 Å². The van der Waals surface area contributed by atoms with E-state index in [1.54, 1.807) is 6.07 Å². The summed E-state index contributed by atoms with van der Waals surface area (Å²) in [6, 6.07) is 5.54. The molecule has 4 nitrogen and oxygen atoms in total. The van der Waals surface area contributed by atoms with E-state index in [2.05, 4.69) is 0 Å². The van der Waals surface area contributed by atoms with E-state index in [-0.39, 0.29) is 5.78 Å². The Labute approximate surface area is 99.5 Å². The van der Waals surface area contributed by atoms with Gasteiger partial charge in [0.1, 0.15) is 11.7 Å². The molecule has 1 aliphatic carbocycles. The Hall–Kier alpha value is -1.84. The highest BCUT2D eigenvalue weighted by molar-refractivity contribution is 6.06. The molecular weight excluding hydrogens is 220 g/mol. The fraction of sp³-hybridized carbons (Fsp3) is 0.385. The van der Waals surface area contributed by atoms with Crippen LogP contribution >= 0.6 is 0 Å². The van der Waals surface area contributed by atoms with Gasteiger partial charge in [0.25, 0.3) is 0 Å². The van der Waals surface area contributed by atoms with Gasteiger partial charge in [0.2, 0.25) is 0 Å². The van der Waals surface area contributed by atoms with Crippen molar-refractivity contribution >= 4 is 11.8 Å². The van der Waals surface area contributed by atoms with Gasteiger partial charge in [-0.25, -0.2) is 0 Å². The molecule has 0 unspecified atom stereocenters. The zero-order valence-electron chi connectivity index (χ0n) is 9.86. The van der Waals surface area contributed by atoms with Crippen LogP contribution in [0.5, 0.6) is 5.75 Å². The minimum absolute atomic E-state index is 0.103. The molecule has 1 aliphatic rings. The predicted octanol–water partition coefficient (Wildman–Crippen LogP) is 1.47. The standard InChI is InChI=1S/C13H14O4/c1-16-10-5-3-4-8-6-7-9(14)12(11(8)10)13(15)17-2/h3-5,12H,6-7H2,1-2H3/t12-/m0/s1. The lowest BCUT2D eigenvalue weighted by Crippen LogP contribution is -2.28. The number of ketones is 1. The molecule has 0 bridgehead atoms. The molecule has 0 aromatic heterocycles.